The standard InChI is InChI=1S/C30H36N4/c1-28(2,3)22-11-9-12-23(20-22)34-18-16-26(33-34)30(7,8)25-14-10-13-24(32-25)21-15-17-31-27(19-21)29(4,5)6/h9-20H,1-8H3. The fourth-order valence-electron chi connectivity index (χ4n) is 3.99. The summed E-state index contributed by atoms with van der Waals surface area (Å²) in [5, 5.41) is 4.97. The zero-order valence-electron chi connectivity index (χ0n) is 21.7. The predicted octanol–water partition coefficient (Wildman–Crippen LogP) is 7.25. The molecule has 0 saturated heterocycles. The van der Waals surface area contributed by atoms with Crippen LogP contribution < -0.4 is 0 Å². The van der Waals surface area contributed by atoms with Crippen LogP contribution in [0.1, 0.15) is 78.0 Å². The Hall–Kier alpha value is -3.27. The number of hydrogen-bond acceptors (Lipinski definition) is 3. The Kier molecular flexibility index (Phi) is 5.97. The smallest absolute Gasteiger partial charge is 0.0744 e. The second-order valence-corrected chi connectivity index (χ2v) is 11.7. The van der Waals surface area contributed by atoms with Gasteiger partial charge in [-0.05, 0) is 67.3 Å². The first-order valence-electron chi connectivity index (χ1n) is 12.0. The van der Waals surface area contributed by atoms with E-state index in [1.165, 1.54) is 5.56 Å². The van der Waals surface area contributed by atoms with Crippen LogP contribution in [0.3, 0.4) is 0 Å². The first-order valence-corrected chi connectivity index (χ1v) is 12.0. The van der Waals surface area contributed by atoms with Crippen molar-refractivity contribution in [2.45, 2.75) is 71.6 Å². The van der Waals surface area contributed by atoms with Crippen molar-refractivity contribution in [3.05, 3.63) is 95.7 Å². The molecule has 0 aliphatic heterocycles. The Morgan fingerprint density at radius 1 is 0.676 bits per heavy atom. The number of benzene rings is 1. The third-order valence-corrected chi connectivity index (χ3v) is 6.42. The molecule has 34 heavy (non-hydrogen) atoms. The van der Waals surface area contributed by atoms with Gasteiger partial charge in [-0.15, -0.1) is 0 Å². The Bertz CT molecular complexity index is 1300. The van der Waals surface area contributed by atoms with Gasteiger partial charge < -0.3 is 0 Å². The first-order chi connectivity index (χ1) is 15.9. The van der Waals surface area contributed by atoms with E-state index in [1.807, 2.05) is 23.1 Å². The molecule has 0 radical (unpaired) electrons. The van der Waals surface area contributed by atoms with Crippen LogP contribution in [0.5, 0.6) is 0 Å². The maximum absolute atomic E-state index is 5.07. The molecule has 0 amide bonds. The molecule has 3 aromatic heterocycles. The Morgan fingerprint density at radius 3 is 2.12 bits per heavy atom. The largest absolute Gasteiger partial charge is 0.261 e. The third kappa shape index (κ3) is 4.82. The molecule has 0 saturated carbocycles. The summed E-state index contributed by atoms with van der Waals surface area (Å²) in [5.41, 5.74) is 7.19. The van der Waals surface area contributed by atoms with Crippen molar-refractivity contribution in [1.29, 1.82) is 0 Å². The number of aromatic nitrogens is 4. The summed E-state index contributed by atoms with van der Waals surface area (Å²) in [4.78, 5) is 9.63. The van der Waals surface area contributed by atoms with Gasteiger partial charge in [0.1, 0.15) is 0 Å². The summed E-state index contributed by atoms with van der Waals surface area (Å²) in [7, 11) is 0. The lowest BCUT2D eigenvalue weighted by atomic mass is 9.85. The zero-order chi connectivity index (χ0) is 24.7. The summed E-state index contributed by atoms with van der Waals surface area (Å²) < 4.78 is 1.97. The van der Waals surface area contributed by atoms with Gasteiger partial charge >= 0.3 is 0 Å². The lowest BCUT2D eigenvalue weighted by molar-refractivity contribution is 0.569. The van der Waals surface area contributed by atoms with Crippen LogP contribution in [-0.4, -0.2) is 19.7 Å². The SMILES string of the molecule is CC(C)(C)c1cccc(-n2ccc(C(C)(C)c3cccc(-c4ccnc(C(C)(C)C)c4)n3)n2)c1. The van der Waals surface area contributed by atoms with E-state index in [-0.39, 0.29) is 16.2 Å². The van der Waals surface area contributed by atoms with Crippen molar-refractivity contribution < 1.29 is 0 Å². The van der Waals surface area contributed by atoms with Crippen LogP contribution in [0.25, 0.3) is 16.9 Å². The topological polar surface area (TPSA) is 43.6 Å². The monoisotopic (exact) mass is 452 g/mol. The van der Waals surface area contributed by atoms with Crippen LogP contribution in [0.15, 0.2) is 73.1 Å². The molecule has 0 atom stereocenters. The molecule has 176 valence electrons. The van der Waals surface area contributed by atoms with E-state index in [2.05, 4.69) is 115 Å². The first kappa shape index (κ1) is 23.9. The number of hydrogen-bond donors (Lipinski definition) is 0. The van der Waals surface area contributed by atoms with Crippen molar-refractivity contribution in [2.24, 2.45) is 0 Å². The van der Waals surface area contributed by atoms with Gasteiger partial charge in [0, 0.05) is 29.1 Å². The van der Waals surface area contributed by atoms with E-state index in [0.717, 1.165) is 34.0 Å². The van der Waals surface area contributed by atoms with Gasteiger partial charge in [-0.2, -0.15) is 5.10 Å². The van der Waals surface area contributed by atoms with Gasteiger partial charge in [-0.1, -0.05) is 59.7 Å². The molecule has 0 aliphatic carbocycles. The van der Waals surface area contributed by atoms with E-state index in [9.17, 15) is 0 Å². The van der Waals surface area contributed by atoms with Crippen molar-refractivity contribution in [1.82, 2.24) is 19.7 Å². The maximum atomic E-state index is 5.07. The average molecular weight is 453 g/mol. The third-order valence-electron chi connectivity index (χ3n) is 6.42. The van der Waals surface area contributed by atoms with Gasteiger partial charge in [0.2, 0.25) is 0 Å². The predicted molar refractivity (Wildman–Crippen MR) is 141 cm³/mol. The van der Waals surface area contributed by atoms with Crippen LogP contribution >= 0.6 is 0 Å². The highest BCUT2D eigenvalue weighted by atomic mass is 15.3. The minimum Gasteiger partial charge on any atom is -0.261 e. The Balaban J connectivity index is 1.68. The summed E-state index contributed by atoms with van der Waals surface area (Å²) in [6.45, 7) is 17.6. The molecule has 0 aliphatic rings. The molecule has 4 heteroatoms. The molecular formula is C30H36N4. The molecule has 4 rings (SSSR count). The van der Waals surface area contributed by atoms with Crippen molar-refractivity contribution >= 4 is 0 Å². The molecule has 0 spiro atoms. The second kappa shape index (κ2) is 8.50. The highest BCUT2D eigenvalue weighted by Gasteiger charge is 2.28. The molecule has 0 fully saturated rings. The Morgan fingerprint density at radius 2 is 1.41 bits per heavy atom. The van der Waals surface area contributed by atoms with Crippen molar-refractivity contribution in [3.63, 3.8) is 0 Å². The molecule has 3 heterocycles. The number of rotatable bonds is 4. The second-order valence-electron chi connectivity index (χ2n) is 11.7. The molecule has 0 bridgehead atoms. The molecule has 0 N–H and O–H groups in total. The summed E-state index contributed by atoms with van der Waals surface area (Å²) in [5.74, 6) is 0. The average Bonchev–Trinajstić information content (AvgIpc) is 3.30. The molecule has 4 aromatic rings. The van der Waals surface area contributed by atoms with Gasteiger partial charge in [0.15, 0.2) is 0 Å². The quantitative estimate of drug-likeness (QED) is 0.327. The number of pyridine rings is 2. The lowest BCUT2D eigenvalue weighted by Gasteiger charge is -2.23. The lowest BCUT2D eigenvalue weighted by Crippen LogP contribution is -2.22. The van der Waals surface area contributed by atoms with Crippen molar-refractivity contribution in [3.8, 4) is 16.9 Å². The van der Waals surface area contributed by atoms with Crippen molar-refractivity contribution in [2.75, 3.05) is 0 Å². The van der Waals surface area contributed by atoms with Gasteiger partial charge in [0.05, 0.1) is 28.2 Å². The molecular weight excluding hydrogens is 416 g/mol. The van der Waals surface area contributed by atoms with Gasteiger partial charge in [0.25, 0.3) is 0 Å². The normalized spacial score (nSPS) is 12.7. The van der Waals surface area contributed by atoms with E-state index in [0.29, 0.717) is 0 Å². The van der Waals surface area contributed by atoms with E-state index in [4.69, 9.17) is 10.1 Å². The molecule has 0 unspecified atom stereocenters. The van der Waals surface area contributed by atoms with Gasteiger partial charge in [-0.25, -0.2) is 4.68 Å². The maximum Gasteiger partial charge on any atom is 0.0744 e. The van der Waals surface area contributed by atoms with Gasteiger partial charge in [-0.3, -0.25) is 9.97 Å². The van der Waals surface area contributed by atoms with E-state index >= 15 is 0 Å². The van der Waals surface area contributed by atoms with Crippen LogP contribution in [0, 0.1) is 0 Å². The molecule has 4 nitrogen and oxygen atoms in total. The fraction of sp³-hybridized carbons (Fsp3) is 0.367. The molecule has 1 aromatic carbocycles. The summed E-state index contributed by atoms with van der Waals surface area (Å²) in [6.07, 6.45) is 3.92. The number of nitrogens with zero attached hydrogens (tertiary/aromatic N) is 4. The van der Waals surface area contributed by atoms with Crippen LogP contribution in [0.2, 0.25) is 0 Å². The highest BCUT2D eigenvalue weighted by molar-refractivity contribution is 5.60. The fourth-order valence-corrected chi connectivity index (χ4v) is 3.99. The van der Waals surface area contributed by atoms with E-state index in [1.54, 1.807) is 0 Å². The van der Waals surface area contributed by atoms with Crippen LogP contribution in [-0.2, 0) is 16.2 Å². The summed E-state index contributed by atoms with van der Waals surface area (Å²) in [6, 6.07) is 21.1. The Labute approximate surface area is 204 Å². The zero-order valence-corrected chi connectivity index (χ0v) is 21.7. The van der Waals surface area contributed by atoms with Crippen LogP contribution in [0.4, 0.5) is 0 Å². The minimum atomic E-state index is -0.344. The summed E-state index contributed by atoms with van der Waals surface area (Å²) >= 11 is 0. The highest BCUT2D eigenvalue weighted by Crippen LogP contribution is 2.32. The van der Waals surface area contributed by atoms with E-state index < -0.39 is 0 Å². The minimum absolute atomic E-state index is 0.00990.